The van der Waals surface area contributed by atoms with Gasteiger partial charge in [-0.15, -0.1) is 21.6 Å². The van der Waals surface area contributed by atoms with Crippen LogP contribution in [0.1, 0.15) is 5.56 Å². The highest BCUT2D eigenvalue weighted by molar-refractivity contribution is 7.90. The largest absolute Gasteiger partial charge is 0.349 e. The second-order valence-corrected chi connectivity index (χ2v) is 9.54. The quantitative estimate of drug-likeness (QED) is 0.327. The molecule has 3 aromatic carbocycles. The van der Waals surface area contributed by atoms with Crippen molar-refractivity contribution in [1.82, 2.24) is 19.2 Å². The van der Waals surface area contributed by atoms with E-state index in [0.29, 0.717) is 17.1 Å². The van der Waals surface area contributed by atoms with Crippen LogP contribution in [0.2, 0.25) is 5.02 Å². The minimum absolute atomic E-state index is 0. The molecule has 2 aromatic heterocycles. The Morgan fingerprint density at radius 2 is 1.68 bits per heavy atom. The van der Waals surface area contributed by atoms with Crippen LogP contribution in [0.5, 0.6) is 0 Å². The number of nitrogens with zero attached hydrogens (tertiary/aromatic N) is 4. The number of hydrogen-bond acceptors (Lipinski definition) is 6. The molecule has 0 saturated carbocycles. The molecule has 10 heteroatoms. The summed E-state index contributed by atoms with van der Waals surface area (Å²) in [5.74, 6) is 0.364. The van der Waals surface area contributed by atoms with Crippen molar-refractivity contribution >= 4 is 50.8 Å². The first-order chi connectivity index (χ1) is 16.0. The van der Waals surface area contributed by atoms with Crippen LogP contribution in [0, 0.1) is 0 Å². The highest BCUT2D eigenvalue weighted by Gasteiger charge is 2.25. The SMILES string of the molecule is Cl.O=S(=O)(c1ccc2ccccc2c1)n1nc(-c2cccnc2)nc1NCc1ccc(Cl)cc1. The first-order valence-corrected chi connectivity index (χ1v) is 11.9. The highest BCUT2D eigenvalue weighted by Crippen LogP contribution is 2.25. The summed E-state index contributed by atoms with van der Waals surface area (Å²) in [5.41, 5.74) is 1.53. The van der Waals surface area contributed by atoms with Crippen molar-refractivity contribution in [3.8, 4) is 11.4 Å². The van der Waals surface area contributed by atoms with E-state index in [9.17, 15) is 8.42 Å². The Kier molecular flexibility index (Phi) is 6.83. The zero-order valence-electron chi connectivity index (χ0n) is 17.7. The molecule has 2 heterocycles. The summed E-state index contributed by atoms with van der Waals surface area (Å²) in [6.45, 7) is 0.343. The fourth-order valence-electron chi connectivity index (χ4n) is 3.40. The second-order valence-electron chi connectivity index (χ2n) is 7.34. The van der Waals surface area contributed by atoms with Crippen molar-refractivity contribution in [3.63, 3.8) is 0 Å². The number of halogens is 2. The molecular weight excluding hydrogens is 493 g/mol. The van der Waals surface area contributed by atoms with Crippen LogP contribution < -0.4 is 5.32 Å². The molecule has 0 unspecified atom stereocenters. The number of benzene rings is 3. The molecule has 0 amide bonds. The van der Waals surface area contributed by atoms with Crippen molar-refractivity contribution in [1.29, 1.82) is 0 Å². The average Bonchev–Trinajstić information content (AvgIpc) is 3.29. The van der Waals surface area contributed by atoms with E-state index in [4.69, 9.17) is 11.6 Å². The molecule has 0 radical (unpaired) electrons. The maximum absolute atomic E-state index is 13.6. The molecular formula is C24H19Cl2N5O2S. The highest BCUT2D eigenvalue weighted by atomic mass is 35.5. The molecule has 0 fully saturated rings. The van der Waals surface area contributed by atoms with Gasteiger partial charge in [-0.2, -0.15) is 13.4 Å². The van der Waals surface area contributed by atoms with Crippen molar-refractivity contribution in [3.05, 3.63) is 102 Å². The first-order valence-electron chi connectivity index (χ1n) is 10.1. The molecule has 7 nitrogen and oxygen atoms in total. The van der Waals surface area contributed by atoms with Crippen molar-refractivity contribution < 1.29 is 8.42 Å². The molecule has 5 rings (SSSR count). The number of rotatable bonds is 6. The molecule has 0 atom stereocenters. The lowest BCUT2D eigenvalue weighted by Gasteiger charge is -2.10. The standard InChI is InChI=1S/C24H18ClN5O2S.ClH/c25-21-10-7-17(8-11-21)15-27-24-28-23(20-6-3-13-26-16-20)29-30(24)33(31,32)22-12-9-18-4-1-2-5-19(18)14-22;/h1-14,16H,15H2,(H,27,28,29);1H. The van der Waals surface area contributed by atoms with E-state index in [-0.39, 0.29) is 29.1 Å². The summed E-state index contributed by atoms with van der Waals surface area (Å²) < 4.78 is 28.1. The van der Waals surface area contributed by atoms with E-state index in [1.807, 2.05) is 36.4 Å². The van der Waals surface area contributed by atoms with E-state index >= 15 is 0 Å². The van der Waals surface area contributed by atoms with Crippen molar-refractivity contribution in [2.75, 3.05) is 5.32 Å². The number of fused-ring (bicyclic) bond motifs is 1. The van der Waals surface area contributed by atoms with E-state index in [1.165, 1.54) is 0 Å². The summed E-state index contributed by atoms with van der Waals surface area (Å²) in [6.07, 6.45) is 3.22. The van der Waals surface area contributed by atoms with Crippen LogP contribution in [0.25, 0.3) is 22.2 Å². The Morgan fingerprint density at radius 3 is 2.41 bits per heavy atom. The third kappa shape index (κ3) is 4.75. The lowest BCUT2D eigenvalue weighted by Crippen LogP contribution is -2.18. The predicted octanol–water partition coefficient (Wildman–Crippen LogP) is 5.42. The van der Waals surface area contributed by atoms with Gasteiger partial charge in [-0.3, -0.25) is 4.98 Å². The third-order valence-corrected chi connectivity index (χ3v) is 6.92. The lowest BCUT2D eigenvalue weighted by molar-refractivity contribution is 0.581. The maximum atomic E-state index is 13.6. The summed E-state index contributed by atoms with van der Waals surface area (Å²) in [4.78, 5) is 8.67. The fourth-order valence-corrected chi connectivity index (χ4v) is 4.76. The third-order valence-electron chi connectivity index (χ3n) is 5.11. The molecule has 0 aliphatic carbocycles. The smallest absolute Gasteiger partial charge is 0.286 e. The second kappa shape index (κ2) is 9.80. The first kappa shape index (κ1) is 23.7. The van der Waals surface area contributed by atoms with Crippen LogP contribution in [0.15, 0.2) is 96.2 Å². The van der Waals surface area contributed by atoms with Crippen molar-refractivity contribution in [2.45, 2.75) is 11.4 Å². The molecule has 0 aliphatic heterocycles. The molecule has 0 bridgehead atoms. The van der Waals surface area contributed by atoms with Gasteiger partial charge in [0.05, 0.1) is 4.90 Å². The monoisotopic (exact) mass is 511 g/mol. The van der Waals surface area contributed by atoms with Gasteiger partial charge in [0, 0.05) is 29.5 Å². The average molecular weight is 512 g/mol. The van der Waals surface area contributed by atoms with E-state index in [2.05, 4.69) is 20.4 Å². The van der Waals surface area contributed by atoms with Crippen LogP contribution in [-0.4, -0.2) is 27.6 Å². The number of anilines is 1. The molecule has 1 N–H and O–H groups in total. The van der Waals surface area contributed by atoms with Gasteiger partial charge in [0.15, 0.2) is 5.82 Å². The molecule has 0 aliphatic rings. The number of aromatic nitrogens is 4. The fraction of sp³-hybridized carbons (Fsp3) is 0.0417. The predicted molar refractivity (Wildman–Crippen MR) is 136 cm³/mol. The summed E-state index contributed by atoms with van der Waals surface area (Å²) >= 11 is 5.96. The van der Waals surface area contributed by atoms with E-state index < -0.39 is 10.0 Å². The van der Waals surface area contributed by atoms with Gasteiger partial charge in [0.1, 0.15) is 0 Å². The Hall–Kier alpha value is -3.46. The van der Waals surface area contributed by atoms with E-state index in [0.717, 1.165) is 20.4 Å². The maximum Gasteiger partial charge on any atom is 0.286 e. The Labute approximate surface area is 207 Å². The Bertz CT molecular complexity index is 1540. The molecule has 0 spiro atoms. The van der Waals surface area contributed by atoms with Gasteiger partial charge in [-0.1, -0.05) is 54.1 Å². The van der Waals surface area contributed by atoms with Crippen molar-refractivity contribution in [2.24, 2.45) is 0 Å². The number of pyridine rings is 1. The lowest BCUT2D eigenvalue weighted by atomic mass is 10.1. The minimum Gasteiger partial charge on any atom is -0.349 e. The molecule has 34 heavy (non-hydrogen) atoms. The summed E-state index contributed by atoms with van der Waals surface area (Å²) in [7, 11) is -4.02. The van der Waals surface area contributed by atoms with Gasteiger partial charge >= 0.3 is 0 Å². The topological polar surface area (TPSA) is 89.8 Å². The minimum atomic E-state index is -4.02. The van der Waals surface area contributed by atoms with Gasteiger partial charge < -0.3 is 5.32 Å². The summed E-state index contributed by atoms with van der Waals surface area (Å²) in [5, 5.41) is 9.82. The van der Waals surface area contributed by atoms with Crippen LogP contribution in [0.4, 0.5) is 5.95 Å². The summed E-state index contributed by atoms with van der Waals surface area (Å²) in [6, 6.07) is 23.4. The Balaban J connectivity index is 0.00000274. The Morgan fingerprint density at radius 1 is 0.912 bits per heavy atom. The zero-order chi connectivity index (χ0) is 22.8. The number of nitrogens with one attached hydrogen (secondary N) is 1. The zero-order valence-corrected chi connectivity index (χ0v) is 20.1. The van der Waals surface area contributed by atoms with E-state index in [1.54, 1.807) is 54.9 Å². The van der Waals surface area contributed by atoms with Crippen LogP contribution in [-0.2, 0) is 16.6 Å². The van der Waals surface area contributed by atoms with Gasteiger partial charge in [0.2, 0.25) is 5.95 Å². The number of hydrogen-bond donors (Lipinski definition) is 1. The van der Waals surface area contributed by atoms with Crippen LogP contribution in [0.3, 0.4) is 0 Å². The molecule has 5 aromatic rings. The normalized spacial score (nSPS) is 11.2. The van der Waals surface area contributed by atoms with Gasteiger partial charge in [0.25, 0.3) is 10.0 Å². The van der Waals surface area contributed by atoms with Gasteiger partial charge in [-0.05, 0) is 52.7 Å². The van der Waals surface area contributed by atoms with Crippen LogP contribution >= 0.6 is 24.0 Å². The van der Waals surface area contributed by atoms with Gasteiger partial charge in [-0.25, -0.2) is 0 Å². The molecule has 0 saturated heterocycles. The molecule has 172 valence electrons.